The molecule has 0 aliphatic carbocycles. The third-order valence-corrected chi connectivity index (χ3v) is 2.79. The number of halogens is 1. The zero-order valence-electron chi connectivity index (χ0n) is 10.4. The van der Waals surface area contributed by atoms with E-state index in [0.717, 1.165) is 0 Å². The van der Waals surface area contributed by atoms with Gasteiger partial charge in [0.2, 0.25) is 0 Å². The molecule has 2 atom stereocenters. The maximum absolute atomic E-state index is 10.2. The number of ether oxygens (including phenoxy) is 2. The number of methoxy groups -OCH3 is 1. The van der Waals surface area contributed by atoms with Crippen LogP contribution >= 0.6 is 11.6 Å². The maximum atomic E-state index is 10.2. The first kappa shape index (κ1) is 14.4. The van der Waals surface area contributed by atoms with Crippen LogP contribution in [0.15, 0.2) is 6.20 Å². The number of aromatic nitrogens is 2. The topological polar surface area (TPSA) is 56.5 Å². The number of aliphatic hydroxyl groups is 1. The Hall–Kier alpha value is -0.620. The fraction of sp³-hybridized carbons (Fsp3) is 0.727. The molecule has 2 unspecified atom stereocenters. The summed E-state index contributed by atoms with van der Waals surface area (Å²) in [6.07, 6.45) is 0.409. The molecule has 0 bridgehead atoms. The van der Waals surface area contributed by atoms with Crippen molar-refractivity contribution in [3.8, 4) is 0 Å². The van der Waals surface area contributed by atoms with Gasteiger partial charge >= 0.3 is 0 Å². The van der Waals surface area contributed by atoms with Gasteiger partial charge in [0.05, 0.1) is 36.2 Å². The molecular formula is C11H19ClN2O3. The second-order valence-corrected chi connectivity index (χ2v) is 4.11. The van der Waals surface area contributed by atoms with Crippen LogP contribution in [0.2, 0.25) is 5.02 Å². The number of hydrogen-bond acceptors (Lipinski definition) is 4. The van der Waals surface area contributed by atoms with Gasteiger partial charge < -0.3 is 14.6 Å². The fourth-order valence-electron chi connectivity index (χ4n) is 1.60. The first-order valence-electron chi connectivity index (χ1n) is 5.61. The lowest BCUT2D eigenvalue weighted by Gasteiger charge is -2.20. The number of rotatable bonds is 7. The van der Waals surface area contributed by atoms with Crippen LogP contribution in [0.4, 0.5) is 0 Å². The van der Waals surface area contributed by atoms with E-state index in [1.54, 1.807) is 18.7 Å². The summed E-state index contributed by atoms with van der Waals surface area (Å²) in [6, 6.07) is 0. The summed E-state index contributed by atoms with van der Waals surface area (Å²) in [4.78, 5) is 0. The third-order valence-electron chi connectivity index (χ3n) is 2.49. The van der Waals surface area contributed by atoms with Crippen LogP contribution in [0.3, 0.4) is 0 Å². The van der Waals surface area contributed by atoms with Gasteiger partial charge in [0.1, 0.15) is 6.10 Å². The quantitative estimate of drug-likeness (QED) is 0.812. The minimum absolute atomic E-state index is 0.324. The molecule has 0 fully saturated rings. The highest BCUT2D eigenvalue weighted by atomic mass is 35.5. The molecule has 1 rings (SSSR count). The van der Waals surface area contributed by atoms with E-state index in [0.29, 0.717) is 30.5 Å². The second kappa shape index (κ2) is 6.96. The third kappa shape index (κ3) is 3.67. The van der Waals surface area contributed by atoms with Crippen molar-refractivity contribution in [3.63, 3.8) is 0 Å². The van der Waals surface area contributed by atoms with Crippen molar-refractivity contribution in [2.24, 2.45) is 0 Å². The van der Waals surface area contributed by atoms with E-state index in [2.05, 4.69) is 5.10 Å². The zero-order chi connectivity index (χ0) is 12.8. The molecule has 0 amide bonds. The van der Waals surface area contributed by atoms with Crippen LogP contribution in [0.25, 0.3) is 0 Å². The Labute approximate surface area is 106 Å². The molecule has 1 N–H and O–H groups in total. The Morgan fingerprint density at radius 1 is 1.59 bits per heavy atom. The van der Waals surface area contributed by atoms with E-state index in [1.807, 2.05) is 6.92 Å². The van der Waals surface area contributed by atoms with Crippen molar-refractivity contribution in [1.82, 2.24) is 9.78 Å². The van der Waals surface area contributed by atoms with Gasteiger partial charge in [-0.2, -0.15) is 5.10 Å². The average molecular weight is 263 g/mol. The number of aliphatic hydroxyl groups excluding tert-OH is 1. The Bertz CT molecular complexity index is 343. The molecule has 0 saturated heterocycles. The SMILES string of the molecule is CCOC(C)C(O)c1c(Cl)cnn1CCOC. The molecular weight excluding hydrogens is 244 g/mol. The lowest BCUT2D eigenvalue weighted by atomic mass is 10.1. The van der Waals surface area contributed by atoms with Crippen molar-refractivity contribution >= 4 is 11.6 Å². The largest absolute Gasteiger partial charge is 0.384 e. The summed E-state index contributed by atoms with van der Waals surface area (Å²) >= 11 is 6.02. The molecule has 0 aromatic carbocycles. The molecule has 5 nitrogen and oxygen atoms in total. The van der Waals surface area contributed by atoms with Crippen LogP contribution in [0.5, 0.6) is 0 Å². The molecule has 0 radical (unpaired) electrons. The van der Waals surface area contributed by atoms with Gasteiger partial charge in [-0.15, -0.1) is 0 Å². The lowest BCUT2D eigenvalue weighted by Crippen LogP contribution is -2.23. The van der Waals surface area contributed by atoms with Crippen LogP contribution in [0, 0.1) is 0 Å². The summed E-state index contributed by atoms with van der Waals surface area (Å²) in [5.41, 5.74) is 0.574. The highest BCUT2D eigenvalue weighted by Crippen LogP contribution is 2.26. The predicted molar refractivity (Wildman–Crippen MR) is 65.2 cm³/mol. The predicted octanol–water partition coefficient (Wildman–Crippen LogP) is 1.64. The minimum atomic E-state index is -0.790. The molecule has 1 aromatic heterocycles. The normalized spacial score (nSPS) is 14.9. The van der Waals surface area contributed by atoms with Gasteiger partial charge in [-0.1, -0.05) is 11.6 Å². The summed E-state index contributed by atoms with van der Waals surface area (Å²) in [6.45, 7) is 5.29. The van der Waals surface area contributed by atoms with Crippen molar-refractivity contribution in [3.05, 3.63) is 16.9 Å². The molecule has 0 aliphatic rings. The minimum Gasteiger partial charge on any atom is -0.384 e. The lowest BCUT2D eigenvalue weighted by molar-refractivity contribution is -0.0268. The second-order valence-electron chi connectivity index (χ2n) is 3.70. The van der Waals surface area contributed by atoms with Crippen molar-refractivity contribution < 1.29 is 14.6 Å². The molecule has 6 heteroatoms. The first-order valence-corrected chi connectivity index (χ1v) is 5.99. The van der Waals surface area contributed by atoms with Crippen molar-refractivity contribution in [2.45, 2.75) is 32.6 Å². The molecule has 17 heavy (non-hydrogen) atoms. The van der Waals surface area contributed by atoms with Gasteiger partial charge in [0, 0.05) is 13.7 Å². The highest BCUT2D eigenvalue weighted by molar-refractivity contribution is 6.31. The van der Waals surface area contributed by atoms with E-state index < -0.39 is 6.10 Å². The highest BCUT2D eigenvalue weighted by Gasteiger charge is 2.23. The van der Waals surface area contributed by atoms with Gasteiger partial charge in [-0.05, 0) is 13.8 Å². The van der Waals surface area contributed by atoms with Crippen molar-refractivity contribution in [1.29, 1.82) is 0 Å². The molecule has 1 aromatic rings. The summed E-state index contributed by atoms with van der Waals surface area (Å²) in [5.74, 6) is 0. The van der Waals surface area contributed by atoms with Gasteiger partial charge in [0.15, 0.2) is 0 Å². The Kier molecular flexibility index (Phi) is 5.91. The maximum Gasteiger partial charge on any atom is 0.123 e. The summed E-state index contributed by atoms with van der Waals surface area (Å²) < 4.78 is 12.0. The monoisotopic (exact) mass is 262 g/mol. The Morgan fingerprint density at radius 2 is 2.29 bits per heavy atom. The number of hydrogen-bond donors (Lipinski definition) is 1. The van der Waals surface area contributed by atoms with Crippen LogP contribution in [0.1, 0.15) is 25.6 Å². The van der Waals surface area contributed by atoms with Crippen LogP contribution < -0.4 is 0 Å². The summed E-state index contributed by atoms with van der Waals surface area (Å²) in [5, 5.41) is 14.7. The molecule has 0 spiro atoms. The number of nitrogens with zero attached hydrogens (tertiary/aromatic N) is 2. The fourth-order valence-corrected chi connectivity index (χ4v) is 1.85. The van der Waals surface area contributed by atoms with Gasteiger partial charge in [-0.25, -0.2) is 0 Å². The zero-order valence-corrected chi connectivity index (χ0v) is 11.1. The van der Waals surface area contributed by atoms with E-state index in [-0.39, 0.29) is 6.10 Å². The Morgan fingerprint density at radius 3 is 2.88 bits per heavy atom. The van der Waals surface area contributed by atoms with Gasteiger partial charge in [-0.3, -0.25) is 4.68 Å². The Balaban J connectivity index is 2.83. The average Bonchev–Trinajstić information content (AvgIpc) is 2.67. The van der Waals surface area contributed by atoms with E-state index in [4.69, 9.17) is 21.1 Å². The smallest absolute Gasteiger partial charge is 0.123 e. The first-order chi connectivity index (χ1) is 8.11. The molecule has 1 heterocycles. The van der Waals surface area contributed by atoms with Gasteiger partial charge in [0.25, 0.3) is 0 Å². The molecule has 0 aliphatic heterocycles. The van der Waals surface area contributed by atoms with E-state index in [1.165, 1.54) is 6.20 Å². The van der Waals surface area contributed by atoms with Crippen LogP contribution in [-0.4, -0.2) is 41.3 Å². The van der Waals surface area contributed by atoms with E-state index >= 15 is 0 Å². The summed E-state index contributed by atoms with van der Waals surface area (Å²) in [7, 11) is 1.62. The van der Waals surface area contributed by atoms with Crippen LogP contribution in [-0.2, 0) is 16.0 Å². The van der Waals surface area contributed by atoms with Crippen molar-refractivity contribution in [2.75, 3.05) is 20.3 Å². The standard InChI is InChI=1S/C11H19ClN2O3/c1-4-17-8(2)11(15)10-9(12)7-13-14(10)5-6-16-3/h7-8,11,15H,4-6H2,1-3H3. The van der Waals surface area contributed by atoms with E-state index in [9.17, 15) is 5.11 Å². The molecule has 98 valence electrons. The molecule has 0 saturated carbocycles.